The highest BCUT2D eigenvalue weighted by Crippen LogP contribution is 2.25. The van der Waals surface area contributed by atoms with Crippen LogP contribution in [0.3, 0.4) is 0 Å². The van der Waals surface area contributed by atoms with Crippen LogP contribution in [0.25, 0.3) is 0 Å². The van der Waals surface area contributed by atoms with Gasteiger partial charge in [0.05, 0.1) is 18.9 Å². The van der Waals surface area contributed by atoms with Gasteiger partial charge in [0.2, 0.25) is 0 Å². The summed E-state index contributed by atoms with van der Waals surface area (Å²) < 4.78 is 4.95. The molecule has 1 atom stereocenters. The lowest BCUT2D eigenvalue weighted by Crippen LogP contribution is -1.96. The van der Waals surface area contributed by atoms with Crippen molar-refractivity contribution in [1.82, 2.24) is 4.98 Å². The number of hydrogen-bond donors (Lipinski definition) is 1. The maximum atomic E-state index is 9.17. The van der Waals surface area contributed by atoms with E-state index in [0.29, 0.717) is 16.5 Å². The van der Waals surface area contributed by atoms with Gasteiger partial charge < -0.3 is 9.84 Å². The molecule has 1 rings (SSSR count). The van der Waals surface area contributed by atoms with E-state index in [-0.39, 0.29) is 0 Å². The zero-order chi connectivity index (χ0) is 9.14. The fourth-order valence-electron chi connectivity index (χ4n) is 0.820. The van der Waals surface area contributed by atoms with Crippen molar-refractivity contribution in [3.63, 3.8) is 0 Å². The van der Waals surface area contributed by atoms with E-state index in [1.54, 1.807) is 13.0 Å². The fraction of sp³-hybridized carbons (Fsp3) is 0.375. The highest BCUT2D eigenvalue weighted by molar-refractivity contribution is 6.31. The van der Waals surface area contributed by atoms with Gasteiger partial charge in [-0.3, -0.25) is 4.98 Å². The van der Waals surface area contributed by atoms with E-state index in [1.165, 1.54) is 13.3 Å². The summed E-state index contributed by atoms with van der Waals surface area (Å²) >= 11 is 5.73. The van der Waals surface area contributed by atoms with Gasteiger partial charge >= 0.3 is 0 Å². The number of hydrogen-bond acceptors (Lipinski definition) is 3. The Bertz CT molecular complexity index is 276. The second kappa shape index (κ2) is 3.74. The number of nitrogens with zero attached hydrogens (tertiary/aromatic N) is 1. The topological polar surface area (TPSA) is 42.4 Å². The Hall–Kier alpha value is -0.800. The Balaban J connectivity index is 3.05. The number of methoxy groups -OCH3 is 1. The zero-order valence-corrected chi connectivity index (χ0v) is 7.67. The molecule has 0 aromatic carbocycles. The molecule has 0 aliphatic carbocycles. The molecule has 0 aliphatic heterocycles. The van der Waals surface area contributed by atoms with Crippen molar-refractivity contribution < 1.29 is 9.84 Å². The molecule has 0 amide bonds. The highest BCUT2D eigenvalue weighted by Gasteiger charge is 2.06. The van der Waals surface area contributed by atoms with Crippen LogP contribution < -0.4 is 4.74 Å². The van der Waals surface area contributed by atoms with Crippen LogP contribution in [0.1, 0.15) is 18.7 Å². The van der Waals surface area contributed by atoms with Gasteiger partial charge in [-0.2, -0.15) is 0 Å². The molecule has 0 saturated carbocycles. The van der Waals surface area contributed by atoms with Gasteiger partial charge in [0.25, 0.3) is 0 Å². The van der Waals surface area contributed by atoms with E-state index < -0.39 is 6.10 Å². The first-order valence-corrected chi connectivity index (χ1v) is 3.90. The lowest BCUT2D eigenvalue weighted by molar-refractivity contribution is 0.194. The minimum Gasteiger partial charge on any atom is -0.495 e. The summed E-state index contributed by atoms with van der Waals surface area (Å²) in [7, 11) is 1.52. The Kier molecular flexibility index (Phi) is 2.89. The molecule has 1 heterocycles. The van der Waals surface area contributed by atoms with Crippen LogP contribution in [0.15, 0.2) is 12.3 Å². The van der Waals surface area contributed by atoms with Crippen molar-refractivity contribution in [1.29, 1.82) is 0 Å². The quantitative estimate of drug-likeness (QED) is 0.768. The van der Waals surface area contributed by atoms with Gasteiger partial charge in [-0.05, 0) is 6.92 Å². The van der Waals surface area contributed by atoms with Crippen LogP contribution in [0, 0.1) is 0 Å². The monoisotopic (exact) mass is 187 g/mol. The normalized spacial score (nSPS) is 12.7. The average molecular weight is 188 g/mol. The molecule has 0 bridgehead atoms. The Morgan fingerprint density at radius 2 is 2.33 bits per heavy atom. The van der Waals surface area contributed by atoms with Gasteiger partial charge in [-0.1, -0.05) is 11.6 Å². The average Bonchev–Trinajstić information content (AvgIpc) is 2.05. The largest absolute Gasteiger partial charge is 0.495 e. The molecule has 12 heavy (non-hydrogen) atoms. The Morgan fingerprint density at radius 1 is 1.67 bits per heavy atom. The molecule has 1 aromatic rings. The third kappa shape index (κ3) is 1.87. The Morgan fingerprint density at radius 3 is 2.83 bits per heavy atom. The number of ether oxygens (including phenoxy) is 1. The maximum Gasteiger partial charge on any atom is 0.140 e. The molecule has 0 aliphatic rings. The lowest BCUT2D eigenvalue weighted by atomic mass is 10.2. The summed E-state index contributed by atoms with van der Waals surface area (Å²) in [6.07, 6.45) is 0.860. The second-order valence-electron chi connectivity index (χ2n) is 2.42. The summed E-state index contributed by atoms with van der Waals surface area (Å²) in [5.74, 6) is 0.530. The summed E-state index contributed by atoms with van der Waals surface area (Å²) in [5, 5.41) is 9.62. The lowest BCUT2D eigenvalue weighted by Gasteiger charge is -2.06. The van der Waals surface area contributed by atoms with E-state index in [4.69, 9.17) is 16.3 Å². The molecule has 1 N–H and O–H groups in total. The number of aliphatic hydroxyl groups is 1. The molecule has 0 spiro atoms. The molecule has 66 valence electrons. The molecule has 1 aromatic heterocycles. The van der Waals surface area contributed by atoms with Crippen molar-refractivity contribution in [3.8, 4) is 5.75 Å². The van der Waals surface area contributed by atoms with Crippen molar-refractivity contribution in [2.24, 2.45) is 0 Å². The van der Waals surface area contributed by atoms with Crippen molar-refractivity contribution >= 4 is 11.6 Å². The summed E-state index contributed by atoms with van der Waals surface area (Å²) in [4.78, 5) is 3.92. The van der Waals surface area contributed by atoms with Crippen LogP contribution in [0.4, 0.5) is 0 Å². The third-order valence-corrected chi connectivity index (χ3v) is 1.77. The molecule has 0 fully saturated rings. The first-order chi connectivity index (χ1) is 5.65. The number of halogens is 1. The van der Waals surface area contributed by atoms with Crippen molar-refractivity contribution in [2.45, 2.75) is 13.0 Å². The van der Waals surface area contributed by atoms with Gasteiger partial charge in [0.15, 0.2) is 0 Å². The summed E-state index contributed by atoms with van der Waals surface area (Å²) in [6.45, 7) is 1.63. The third-order valence-electron chi connectivity index (χ3n) is 1.49. The highest BCUT2D eigenvalue weighted by atomic mass is 35.5. The number of rotatable bonds is 2. The van der Waals surface area contributed by atoms with E-state index in [1.807, 2.05) is 0 Å². The molecule has 3 nitrogen and oxygen atoms in total. The van der Waals surface area contributed by atoms with Crippen molar-refractivity contribution in [2.75, 3.05) is 7.11 Å². The smallest absolute Gasteiger partial charge is 0.140 e. The standard InChI is InChI=1S/C8H10ClNO2/c1-5(11)7-3-8(12-2)6(9)4-10-7/h3-5,11H,1-2H3. The predicted octanol–water partition coefficient (Wildman–Crippen LogP) is 1.80. The SMILES string of the molecule is COc1cc(C(C)O)ncc1Cl. The first-order valence-electron chi connectivity index (χ1n) is 3.52. The minimum atomic E-state index is -0.601. The molecule has 0 radical (unpaired) electrons. The van der Waals surface area contributed by atoms with Gasteiger partial charge in [-0.15, -0.1) is 0 Å². The van der Waals surface area contributed by atoms with Crippen LogP contribution in [0.5, 0.6) is 5.75 Å². The molecule has 4 heteroatoms. The second-order valence-corrected chi connectivity index (χ2v) is 2.83. The summed E-state index contributed by atoms with van der Waals surface area (Å²) in [5.41, 5.74) is 0.552. The van der Waals surface area contributed by atoms with Crippen molar-refractivity contribution in [3.05, 3.63) is 23.0 Å². The Labute approximate surface area is 76.0 Å². The van der Waals surface area contributed by atoms with Crippen LogP contribution >= 0.6 is 11.6 Å². The number of aliphatic hydroxyl groups excluding tert-OH is 1. The predicted molar refractivity (Wildman–Crippen MR) is 46.4 cm³/mol. The zero-order valence-electron chi connectivity index (χ0n) is 6.91. The minimum absolute atomic E-state index is 0.446. The number of pyridine rings is 1. The van der Waals surface area contributed by atoms with Gasteiger partial charge in [0.1, 0.15) is 10.8 Å². The van der Waals surface area contributed by atoms with E-state index in [9.17, 15) is 5.11 Å². The van der Waals surface area contributed by atoms with Crippen LogP contribution in [-0.2, 0) is 0 Å². The van der Waals surface area contributed by atoms with Crippen LogP contribution in [-0.4, -0.2) is 17.2 Å². The van der Waals surface area contributed by atoms with Gasteiger partial charge in [0, 0.05) is 12.3 Å². The first kappa shape index (κ1) is 9.29. The molecule has 1 unspecified atom stereocenters. The van der Waals surface area contributed by atoms with E-state index in [0.717, 1.165) is 0 Å². The number of aromatic nitrogens is 1. The van der Waals surface area contributed by atoms with Gasteiger partial charge in [-0.25, -0.2) is 0 Å². The maximum absolute atomic E-state index is 9.17. The molecular weight excluding hydrogens is 178 g/mol. The van der Waals surface area contributed by atoms with E-state index in [2.05, 4.69) is 4.98 Å². The molecular formula is C8H10ClNO2. The van der Waals surface area contributed by atoms with E-state index >= 15 is 0 Å². The van der Waals surface area contributed by atoms with Crippen LogP contribution in [0.2, 0.25) is 5.02 Å². The molecule has 0 saturated heterocycles. The summed E-state index contributed by atoms with van der Waals surface area (Å²) in [6, 6.07) is 1.62. The fourth-order valence-corrected chi connectivity index (χ4v) is 1.00.